The van der Waals surface area contributed by atoms with Gasteiger partial charge in [0.1, 0.15) is 0 Å². The number of halogens is 1. The number of amidine groups is 1. The predicted octanol–water partition coefficient (Wildman–Crippen LogP) is 2.92. The summed E-state index contributed by atoms with van der Waals surface area (Å²) < 4.78 is 0. The Hall–Kier alpha value is -1.42. The Labute approximate surface area is 113 Å². The van der Waals surface area contributed by atoms with E-state index in [-0.39, 0.29) is 5.84 Å². The lowest BCUT2D eigenvalue weighted by molar-refractivity contribution is 0.318. The summed E-state index contributed by atoms with van der Waals surface area (Å²) in [5.74, 6) is 0.557. The summed E-state index contributed by atoms with van der Waals surface area (Å²) in [6.45, 7) is 8.10. The quantitative estimate of drug-likeness (QED) is 0.374. The first-order chi connectivity index (χ1) is 8.51. The van der Waals surface area contributed by atoms with Gasteiger partial charge in [-0.25, -0.2) is 0 Å². The van der Waals surface area contributed by atoms with Gasteiger partial charge in [0.05, 0.1) is 10.6 Å². The maximum atomic E-state index is 8.86. The zero-order valence-corrected chi connectivity index (χ0v) is 11.8. The third-order valence-corrected chi connectivity index (χ3v) is 2.98. The number of nitrogens with two attached hydrogens (primary N) is 1. The van der Waals surface area contributed by atoms with Crippen molar-refractivity contribution in [3.63, 3.8) is 0 Å². The van der Waals surface area contributed by atoms with Crippen molar-refractivity contribution in [3.05, 3.63) is 28.8 Å². The maximum Gasteiger partial charge on any atom is 0.173 e. The topological polar surface area (TPSA) is 61.8 Å². The van der Waals surface area contributed by atoms with Crippen LogP contribution in [0.15, 0.2) is 23.4 Å². The van der Waals surface area contributed by atoms with Gasteiger partial charge in [0.15, 0.2) is 5.84 Å². The van der Waals surface area contributed by atoms with E-state index in [1.807, 2.05) is 12.1 Å². The van der Waals surface area contributed by atoms with Crippen molar-refractivity contribution >= 4 is 23.1 Å². The molecule has 18 heavy (non-hydrogen) atoms. The van der Waals surface area contributed by atoms with Gasteiger partial charge < -0.3 is 15.8 Å². The minimum atomic E-state index is 0.0396. The van der Waals surface area contributed by atoms with E-state index in [0.717, 1.165) is 18.8 Å². The molecule has 0 aliphatic heterocycles. The molecule has 100 valence electrons. The third kappa shape index (κ3) is 3.29. The number of benzene rings is 1. The number of anilines is 1. The summed E-state index contributed by atoms with van der Waals surface area (Å²) in [6.07, 6.45) is 0. The molecule has 0 atom stereocenters. The highest BCUT2D eigenvalue weighted by Crippen LogP contribution is 2.27. The second-order valence-electron chi connectivity index (χ2n) is 4.55. The van der Waals surface area contributed by atoms with Crippen LogP contribution in [0, 0.1) is 5.92 Å². The zero-order valence-electron chi connectivity index (χ0n) is 11.0. The van der Waals surface area contributed by atoms with Gasteiger partial charge in [-0.2, -0.15) is 0 Å². The molecule has 1 aromatic rings. The molecule has 1 aromatic carbocycles. The van der Waals surface area contributed by atoms with Crippen LogP contribution in [0.2, 0.25) is 5.02 Å². The molecule has 0 aliphatic carbocycles. The van der Waals surface area contributed by atoms with Crippen LogP contribution in [0.4, 0.5) is 5.69 Å². The van der Waals surface area contributed by atoms with E-state index in [1.54, 1.807) is 6.07 Å². The second-order valence-corrected chi connectivity index (χ2v) is 4.96. The summed E-state index contributed by atoms with van der Waals surface area (Å²) in [5.41, 5.74) is 7.19. The van der Waals surface area contributed by atoms with Crippen molar-refractivity contribution in [2.45, 2.75) is 20.8 Å². The molecule has 0 unspecified atom stereocenters. The highest BCUT2D eigenvalue weighted by molar-refractivity contribution is 6.34. The predicted molar refractivity (Wildman–Crippen MR) is 76.7 cm³/mol. The van der Waals surface area contributed by atoms with E-state index in [2.05, 4.69) is 30.8 Å². The molecule has 0 radical (unpaired) electrons. The molecule has 3 N–H and O–H groups in total. The van der Waals surface area contributed by atoms with E-state index in [9.17, 15) is 0 Å². The first-order valence-corrected chi connectivity index (χ1v) is 6.40. The number of hydrogen-bond acceptors (Lipinski definition) is 3. The van der Waals surface area contributed by atoms with Crippen molar-refractivity contribution in [2.24, 2.45) is 16.8 Å². The molecule has 0 amide bonds. The van der Waals surface area contributed by atoms with E-state index >= 15 is 0 Å². The molecular formula is C13H20ClN3O. The van der Waals surface area contributed by atoms with E-state index in [0.29, 0.717) is 16.5 Å². The van der Waals surface area contributed by atoms with E-state index < -0.39 is 0 Å². The number of rotatable bonds is 5. The first-order valence-electron chi connectivity index (χ1n) is 6.02. The van der Waals surface area contributed by atoms with Gasteiger partial charge in [0, 0.05) is 18.8 Å². The molecule has 0 spiro atoms. The standard InChI is InChI=1S/C13H20ClN3O/c1-4-17(8-9(2)3)11-7-5-6-10(14)12(11)13(15)16-18/h5-7,9,18H,4,8H2,1-3H3,(H2,15,16). The van der Waals surface area contributed by atoms with Crippen LogP contribution >= 0.6 is 11.6 Å². The normalized spacial score (nSPS) is 11.9. The highest BCUT2D eigenvalue weighted by Gasteiger charge is 2.16. The Morgan fingerprint density at radius 3 is 2.67 bits per heavy atom. The van der Waals surface area contributed by atoms with Crippen LogP contribution in [-0.4, -0.2) is 24.1 Å². The van der Waals surface area contributed by atoms with Crippen LogP contribution in [0.25, 0.3) is 0 Å². The van der Waals surface area contributed by atoms with Crippen molar-refractivity contribution in [3.8, 4) is 0 Å². The fourth-order valence-electron chi connectivity index (χ4n) is 1.92. The Morgan fingerprint density at radius 1 is 1.50 bits per heavy atom. The van der Waals surface area contributed by atoms with Crippen molar-refractivity contribution in [1.29, 1.82) is 0 Å². The van der Waals surface area contributed by atoms with Gasteiger partial charge in [-0.3, -0.25) is 0 Å². The van der Waals surface area contributed by atoms with Gasteiger partial charge in [-0.05, 0) is 25.0 Å². The van der Waals surface area contributed by atoms with Gasteiger partial charge in [-0.15, -0.1) is 0 Å². The van der Waals surface area contributed by atoms with Crippen molar-refractivity contribution in [1.82, 2.24) is 0 Å². The van der Waals surface area contributed by atoms with Crippen LogP contribution < -0.4 is 10.6 Å². The Morgan fingerprint density at radius 2 is 2.17 bits per heavy atom. The Bertz CT molecular complexity index is 432. The number of nitrogens with zero attached hydrogens (tertiary/aromatic N) is 2. The molecule has 5 heteroatoms. The van der Waals surface area contributed by atoms with Crippen molar-refractivity contribution < 1.29 is 5.21 Å². The SMILES string of the molecule is CCN(CC(C)C)c1cccc(Cl)c1C(N)=NO. The Kier molecular flexibility index (Phi) is 5.28. The number of hydrogen-bond donors (Lipinski definition) is 2. The second kappa shape index (κ2) is 6.50. The van der Waals surface area contributed by atoms with Crippen molar-refractivity contribution in [2.75, 3.05) is 18.0 Å². The fraction of sp³-hybridized carbons (Fsp3) is 0.462. The number of oxime groups is 1. The largest absolute Gasteiger partial charge is 0.409 e. The molecule has 0 heterocycles. The van der Waals surface area contributed by atoms with Gasteiger partial charge in [0.2, 0.25) is 0 Å². The maximum absolute atomic E-state index is 8.86. The summed E-state index contributed by atoms with van der Waals surface area (Å²) in [5, 5.41) is 12.4. The third-order valence-electron chi connectivity index (χ3n) is 2.66. The fourth-order valence-corrected chi connectivity index (χ4v) is 2.18. The van der Waals surface area contributed by atoms with Gasteiger partial charge in [-0.1, -0.05) is 36.7 Å². The molecule has 0 bridgehead atoms. The summed E-state index contributed by atoms with van der Waals surface area (Å²) in [6, 6.07) is 5.54. The minimum absolute atomic E-state index is 0.0396. The summed E-state index contributed by atoms with van der Waals surface area (Å²) in [7, 11) is 0. The molecule has 0 aromatic heterocycles. The lowest BCUT2D eigenvalue weighted by Gasteiger charge is -2.27. The molecule has 0 saturated heterocycles. The lowest BCUT2D eigenvalue weighted by atomic mass is 10.1. The average Bonchev–Trinajstić information content (AvgIpc) is 2.34. The average molecular weight is 270 g/mol. The van der Waals surface area contributed by atoms with Gasteiger partial charge in [0.25, 0.3) is 0 Å². The molecule has 0 saturated carbocycles. The van der Waals surface area contributed by atoms with Gasteiger partial charge >= 0.3 is 0 Å². The monoisotopic (exact) mass is 269 g/mol. The Balaban J connectivity index is 3.25. The molecular weight excluding hydrogens is 250 g/mol. The molecule has 0 aliphatic rings. The van der Waals surface area contributed by atoms with Crippen LogP contribution in [-0.2, 0) is 0 Å². The van der Waals surface area contributed by atoms with Crippen LogP contribution in [0.3, 0.4) is 0 Å². The summed E-state index contributed by atoms with van der Waals surface area (Å²) in [4.78, 5) is 2.17. The summed E-state index contributed by atoms with van der Waals surface area (Å²) >= 11 is 6.14. The molecule has 0 fully saturated rings. The molecule has 4 nitrogen and oxygen atoms in total. The molecule has 1 rings (SSSR count). The smallest absolute Gasteiger partial charge is 0.173 e. The van der Waals surface area contributed by atoms with Crippen LogP contribution in [0.1, 0.15) is 26.3 Å². The highest BCUT2D eigenvalue weighted by atomic mass is 35.5. The van der Waals surface area contributed by atoms with Crippen LogP contribution in [0.5, 0.6) is 0 Å². The minimum Gasteiger partial charge on any atom is -0.409 e. The lowest BCUT2D eigenvalue weighted by Crippen LogP contribution is -2.30. The first kappa shape index (κ1) is 14.6. The van der Waals surface area contributed by atoms with E-state index in [4.69, 9.17) is 22.5 Å². The zero-order chi connectivity index (χ0) is 13.7. The van der Waals surface area contributed by atoms with E-state index in [1.165, 1.54) is 0 Å².